The van der Waals surface area contributed by atoms with Crippen LogP contribution in [0.15, 0.2) is 54.9 Å². The number of pyridine rings is 1. The standard InChI is InChI=1S/C20H23N3O/c24-20(19-13-18(19)17-6-2-1-3-7-17)23-11-9-22(10-12-23)15-16-5-4-8-21-14-16/h1-8,14,18-19H,9-13,15H2/t18-,19-/m1/s1. The first kappa shape index (κ1) is 15.3. The van der Waals surface area contributed by atoms with Gasteiger partial charge in [-0.2, -0.15) is 0 Å². The second kappa shape index (κ2) is 6.73. The summed E-state index contributed by atoms with van der Waals surface area (Å²) < 4.78 is 0. The van der Waals surface area contributed by atoms with E-state index in [4.69, 9.17) is 0 Å². The fourth-order valence-corrected chi connectivity index (χ4v) is 3.65. The molecule has 2 fully saturated rings. The van der Waals surface area contributed by atoms with Crippen molar-refractivity contribution in [2.45, 2.75) is 18.9 Å². The SMILES string of the molecule is O=C([C@@H]1C[C@@H]1c1ccccc1)N1CCN(Cc2cccnc2)CC1. The van der Waals surface area contributed by atoms with Crippen LogP contribution >= 0.6 is 0 Å². The van der Waals surface area contributed by atoms with Crippen LogP contribution in [0.5, 0.6) is 0 Å². The highest BCUT2D eigenvalue weighted by Crippen LogP contribution is 2.48. The molecule has 1 aliphatic heterocycles. The van der Waals surface area contributed by atoms with Crippen LogP contribution in [0.3, 0.4) is 0 Å². The maximum Gasteiger partial charge on any atom is 0.226 e. The Kier molecular flexibility index (Phi) is 4.30. The molecule has 0 N–H and O–H groups in total. The molecule has 0 unspecified atom stereocenters. The van der Waals surface area contributed by atoms with Crippen LogP contribution in [-0.2, 0) is 11.3 Å². The molecule has 4 rings (SSSR count). The van der Waals surface area contributed by atoms with Crippen LogP contribution < -0.4 is 0 Å². The lowest BCUT2D eigenvalue weighted by Crippen LogP contribution is -2.48. The molecule has 2 aromatic rings. The van der Waals surface area contributed by atoms with Gasteiger partial charge in [-0.3, -0.25) is 14.7 Å². The number of carbonyl (C=O) groups is 1. The number of aromatic nitrogens is 1. The van der Waals surface area contributed by atoms with E-state index in [1.165, 1.54) is 11.1 Å². The molecule has 1 aromatic carbocycles. The zero-order valence-electron chi connectivity index (χ0n) is 13.8. The number of amides is 1. The molecular weight excluding hydrogens is 298 g/mol. The Morgan fingerprint density at radius 2 is 1.83 bits per heavy atom. The quantitative estimate of drug-likeness (QED) is 0.868. The summed E-state index contributed by atoms with van der Waals surface area (Å²) in [5.41, 5.74) is 2.55. The predicted octanol–water partition coefficient (Wildman–Crippen LogP) is 2.53. The Morgan fingerprint density at radius 1 is 1.04 bits per heavy atom. The van der Waals surface area contributed by atoms with Gasteiger partial charge in [0.1, 0.15) is 0 Å². The smallest absolute Gasteiger partial charge is 0.226 e. The Morgan fingerprint density at radius 3 is 2.54 bits per heavy atom. The van der Waals surface area contributed by atoms with Gasteiger partial charge in [-0.25, -0.2) is 0 Å². The van der Waals surface area contributed by atoms with Crippen LogP contribution in [-0.4, -0.2) is 46.9 Å². The van der Waals surface area contributed by atoms with Gasteiger partial charge in [-0.05, 0) is 29.5 Å². The summed E-state index contributed by atoms with van der Waals surface area (Å²) in [6.07, 6.45) is 4.74. The summed E-state index contributed by atoms with van der Waals surface area (Å²) in [4.78, 5) is 21.3. The van der Waals surface area contributed by atoms with Gasteiger partial charge >= 0.3 is 0 Å². The summed E-state index contributed by atoms with van der Waals surface area (Å²) in [5, 5.41) is 0. The molecule has 2 aliphatic rings. The van der Waals surface area contributed by atoms with Gasteiger partial charge in [-0.15, -0.1) is 0 Å². The zero-order chi connectivity index (χ0) is 16.4. The van der Waals surface area contributed by atoms with Crippen molar-refractivity contribution in [2.24, 2.45) is 5.92 Å². The zero-order valence-corrected chi connectivity index (χ0v) is 13.8. The van der Waals surface area contributed by atoms with Crippen LogP contribution in [0.2, 0.25) is 0 Å². The van der Waals surface area contributed by atoms with E-state index in [1.54, 1.807) is 6.20 Å². The van der Waals surface area contributed by atoms with E-state index >= 15 is 0 Å². The Hall–Kier alpha value is -2.20. The Bertz CT molecular complexity index is 681. The second-order valence-electron chi connectivity index (χ2n) is 6.82. The number of nitrogens with zero attached hydrogens (tertiary/aromatic N) is 3. The van der Waals surface area contributed by atoms with E-state index in [0.29, 0.717) is 11.8 Å². The first-order chi connectivity index (χ1) is 11.8. The molecule has 0 radical (unpaired) electrons. The molecule has 0 spiro atoms. The number of rotatable bonds is 4. The summed E-state index contributed by atoms with van der Waals surface area (Å²) in [7, 11) is 0. The molecule has 4 heteroatoms. The highest BCUT2D eigenvalue weighted by atomic mass is 16.2. The number of hydrogen-bond acceptors (Lipinski definition) is 3. The van der Waals surface area contributed by atoms with Gasteiger partial charge < -0.3 is 4.90 Å². The molecule has 4 nitrogen and oxygen atoms in total. The van der Waals surface area contributed by atoms with Gasteiger partial charge in [0.2, 0.25) is 5.91 Å². The van der Waals surface area contributed by atoms with E-state index in [9.17, 15) is 4.79 Å². The van der Waals surface area contributed by atoms with Crippen LogP contribution in [0.1, 0.15) is 23.5 Å². The van der Waals surface area contributed by atoms with Crippen LogP contribution in [0.4, 0.5) is 0 Å². The average Bonchev–Trinajstić information content (AvgIpc) is 3.44. The van der Waals surface area contributed by atoms with Crippen molar-refractivity contribution in [3.8, 4) is 0 Å². The molecule has 0 bridgehead atoms. The first-order valence-corrected chi connectivity index (χ1v) is 8.76. The van der Waals surface area contributed by atoms with Gasteiger partial charge in [0, 0.05) is 51.0 Å². The normalized spacial score (nSPS) is 23.9. The van der Waals surface area contributed by atoms with Gasteiger partial charge in [0.15, 0.2) is 0 Å². The van der Waals surface area contributed by atoms with E-state index in [0.717, 1.165) is 39.1 Å². The predicted molar refractivity (Wildman–Crippen MR) is 93.4 cm³/mol. The molecule has 124 valence electrons. The first-order valence-electron chi connectivity index (χ1n) is 8.76. The maximum atomic E-state index is 12.7. The maximum absolute atomic E-state index is 12.7. The topological polar surface area (TPSA) is 36.4 Å². The monoisotopic (exact) mass is 321 g/mol. The minimum Gasteiger partial charge on any atom is -0.340 e. The lowest BCUT2D eigenvalue weighted by molar-refractivity contribution is -0.134. The summed E-state index contributed by atoms with van der Waals surface area (Å²) >= 11 is 0. The lowest BCUT2D eigenvalue weighted by atomic mass is 10.1. The molecule has 1 saturated carbocycles. The minimum atomic E-state index is 0.206. The highest BCUT2D eigenvalue weighted by molar-refractivity contribution is 5.83. The van der Waals surface area contributed by atoms with E-state index in [2.05, 4.69) is 45.1 Å². The molecule has 1 aliphatic carbocycles. The molecule has 1 aromatic heterocycles. The number of benzene rings is 1. The largest absolute Gasteiger partial charge is 0.340 e. The third kappa shape index (κ3) is 3.34. The fraction of sp³-hybridized carbons (Fsp3) is 0.400. The average molecular weight is 321 g/mol. The van der Waals surface area contributed by atoms with Gasteiger partial charge in [-0.1, -0.05) is 36.4 Å². The van der Waals surface area contributed by atoms with Crippen molar-refractivity contribution in [3.63, 3.8) is 0 Å². The van der Waals surface area contributed by atoms with E-state index in [1.807, 2.05) is 18.3 Å². The lowest BCUT2D eigenvalue weighted by Gasteiger charge is -2.35. The molecule has 2 heterocycles. The van der Waals surface area contributed by atoms with Crippen molar-refractivity contribution in [1.29, 1.82) is 0 Å². The number of carbonyl (C=O) groups excluding carboxylic acids is 1. The van der Waals surface area contributed by atoms with Gasteiger partial charge in [0.25, 0.3) is 0 Å². The molecule has 2 atom stereocenters. The van der Waals surface area contributed by atoms with Crippen LogP contribution in [0, 0.1) is 5.92 Å². The third-order valence-corrected chi connectivity index (χ3v) is 5.15. The molecule has 1 amide bonds. The van der Waals surface area contributed by atoms with Crippen LogP contribution in [0.25, 0.3) is 0 Å². The van der Waals surface area contributed by atoms with Crippen molar-refractivity contribution < 1.29 is 4.79 Å². The number of hydrogen-bond donors (Lipinski definition) is 0. The summed E-state index contributed by atoms with van der Waals surface area (Å²) in [5.74, 6) is 0.995. The molecule has 24 heavy (non-hydrogen) atoms. The van der Waals surface area contributed by atoms with Crippen molar-refractivity contribution in [2.75, 3.05) is 26.2 Å². The second-order valence-corrected chi connectivity index (χ2v) is 6.82. The van der Waals surface area contributed by atoms with Crippen molar-refractivity contribution in [1.82, 2.24) is 14.8 Å². The Labute approximate surface area is 143 Å². The third-order valence-electron chi connectivity index (χ3n) is 5.15. The highest BCUT2D eigenvalue weighted by Gasteiger charge is 2.45. The molecular formula is C20H23N3O. The van der Waals surface area contributed by atoms with E-state index in [-0.39, 0.29) is 5.92 Å². The number of piperazine rings is 1. The van der Waals surface area contributed by atoms with Crippen molar-refractivity contribution >= 4 is 5.91 Å². The molecule has 1 saturated heterocycles. The van der Waals surface area contributed by atoms with Crippen molar-refractivity contribution in [3.05, 3.63) is 66.0 Å². The summed E-state index contributed by atoms with van der Waals surface area (Å²) in [6.45, 7) is 4.51. The Balaban J connectivity index is 1.28. The fourth-order valence-electron chi connectivity index (χ4n) is 3.65. The van der Waals surface area contributed by atoms with Gasteiger partial charge in [0.05, 0.1) is 0 Å². The van der Waals surface area contributed by atoms with E-state index < -0.39 is 0 Å². The summed E-state index contributed by atoms with van der Waals surface area (Å²) in [6, 6.07) is 14.5. The minimum absolute atomic E-state index is 0.206.